The topological polar surface area (TPSA) is 51.2 Å². The summed E-state index contributed by atoms with van der Waals surface area (Å²) in [5, 5.41) is 0. The molecule has 8 heteroatoms. The van der Waals surface area contributed by atoms with Gasteiger partial charge in [0, 0.05) is 18.3 Å². The zero-order valence-electron chi connectivity index (χ0n) is 12.3. The summed E-state index contributed by atoms with van der Waals surface area (Å²) in [5.74, 6) is -0.111. The summed E-state index contributed by atoms with van der Waals surface area (Å²) in [4.78, 5) is 3.73. The highest BCUT2D eigenvalue weighted by Gasteiger charge is 2.28. The number of hydrogen-bond acceptors (Lipinski definition) is 3. The Kier molecular flexibility index (Phi) is 5.75. The average molecular weight is 324 g/mol. The molecule has 0 spiro atoms. The van der Waals surface area contributed by atoms with E-state index in [-0.39, 0.29) is 11.9 Å². The third kappa shape index (κ3) is 6.43. The van der Waals surface area contributed by atoms with E-state index in [9.17, 15) is 17.4 Å². The lowest BCUT2D eigenvalue weighted by Crippen LogP contribution is -2.34. The van der Waals surface area contributed by atoms with Crippen LogP contribution in [0.25, 0.3) is 0 Å². The van der Waals surface area contributed by atoms with Crippen molar-refractivity contribution in [3.8, 4) is 5.88 Å². The maximum Gasteiger partial charge on any atom is 0.422 e. The van der Waals surface area contributed by atoms with E-state index in [1.807, 2.05) is 20.8 Å². The zero-order chi connectivity index (χ0) is 16.3. The second kappa shape index (κ2) is 6.74. The van der Waals surface area contributed by atoms with Crippen molar-refractivity contribution in [1.82, 2.24) is 9.71 Å². The summed E-state index contributed by atoms with van der Waals surface area (Å²) < 4.78 is 55.4. The standard InChI is InChI=1S/C13H19F3N2O2S/c1-9(18-21(19)12(2,3)4)10-5-6-17-11(7-10)20-8-13(14,15)16/h5-7,9,18H,8H2,1-4H3/t9?,21-/m1/s1. The third-order valence-corrected chi connectivity index (χ3v) is 4.16. The number of alkyl halides is 3. The molecule has 4 nitrogen and oxygen atoms in total. The fourth-order valence-corrected chi connectivity index (χ4v) is 2.14. The fraction of sp³-hybridized carbons (Fsp3) is 0.615. The molecule has 0 aliphatic heterocycles. The van der Waals surface area contributed by atoms with E-state index in [4.69, 9.17) is 0 Å². The molecular weight excluding hydrogens is 305 g/mol. The number of pyridine rings is 1. The molecule has 1 rings (SSSR count). The molecule has 0 saturated heterocycles. The van der Waals surface area contributed by atoms with E-state index in [0.717, 1.165) is 0 Å². The smallest absolute Gasteiger partial charge is 0.422 e. The molecule has 21 heavy (non-hydrogen) atoms. The minimum absolute atomic E-state index is 0.111. The summed E-state index contributed by atoms with van der Waals surface area (Å²) in [5.41, 5.74) is 0.653. The lowest BCUT2D eigenvalue weighted by atomic mass is 10.1. The maximum absolute atomic E-state index is 12.1. The predicted octanol–water partition coefficient (Wildman–Crippen LogP) is 3.14. The van der Waals surface area contributed by atoms with Crippen LogP contribution in [0.3, 0.4) is 0 Å². The number of hydrogen-bond donors (Lipinski definition) is 1. The van der Waals surface area contributed by atoms with Crippen molar-refractivity contribution in [2.45, 2.75) is 44.7 Å². The van der Waals surface area contributed by atoms with E-state index in [1.54, 1.807) is 13.0 Å². The fourth-order valence-electron chi connectivity index (χ4n) is 1.33. The van der Waals surface area contributed by atoms with Crippen LogP contribution in [0.1, 0.15) is 39.3 Å². The summed E-state index contributed by atoms with van der Waals surface area (Å²) in [6, 6.07) is 2.74. The first-order valence-electron chi connectivity index (χ1n) is 6.32. The van der Waals surface area contributed by atoms with Crippen LogP contribution in [0, 0.1) is 0 Å². The number of rotatable bonds is 5. The monoisotopic (exact) mass is 324 g/mol. The third-order valence-electron chi connectivity index (χ3n) is 2.48. The summed E-state index contributed by atoms with van der Waals surface area (Å²) in [6.45, 7) is 5.86. The van der Waals surface area contributed by atoms with Gasteiger partial charge in [0.1, 0.15) is 0 Å². The Morgan fingerprint density at radius 3 is 2.52 bits per heavy atom. The Morgan fingerprint density at radius 2 is 2.00 bits per heavy atom. The van der Waals surface area contributed by atoms with E-state index in [0.29, 0.717) is 5.56 Å². The molecule has 0 bridgehead atoms. The van der Waals surface area contributed by atoms with Crippen LogP contribution in [-0.4, -0.2) is 26.7 Å². The van der Waals surface area contributed by atoms with Gasteiger partial charge < -0.3 is 4.74 Å². The van der Waals surface area contributed by atoms with Gasteiger partial charge in [-0.3, -0.25) is 0 Å². The quantitative estimate of drug-likeness (QED) is 0.905. The minimum atomic E-state index is -4.41. The summed E-state index contributed by atoms with van der Waals surface area (Å²) in [7, 11) is -1.28. The Hall–Kier alpha value is -1.15. The number of ether oxygens (including phenoxy) is 1. The van der Waals surface area contributed by atoms with Crippen LogP contribution in [0.2, 0.25) is 0 Å². The van der Waals surface area contributed by atoms with Gasteiger partial charge in [0.25, 0.3) is 0 Å². The molecule has 1 N–H and O–H groups in total. The van der Waals surface area contributed by atoms with Crippen LogP contribution >= 0.6 is 0 Å². The molecule has 0 aliphatic rings. The normalized spacial score (nSPS) is 15.6. The van der Waals surface area contributed by atoms with E-state index in [2.05, 4.69) is 14.4 Å². The molecule has 0 aliphatic carbocycles. The Balaban J connectivity index is 2.73. The molecule has 0 saturated carbocycles. The number of aromatic nitrogens is 1. The van der Waals surface area contributed by atoms with Crippen molar-refractivity contribution in [2.24, 2.45) is 0 Å². The molecule has 1 aromatic heterocycles. The molecule has 0 fully saturated rings. The first kappa shape index (κ1) is 17.9. The van der Waals surface area contributed by atoms with Crippen LogP contribution in [0.4, 0.5) is 13.2 Å². The number of halogens is 3. The van der Waals surface area contributed by atoms with E-state index >= 15 is 0 Å². The minimum Gasteiger partial charge on any atom is -0.468 e. The zero-order valence-corrected chi connectivity index (χ0v) is 13.1. The van der Waals surface area contributed by atoms with Gasteiger partial charge in [-0.1, -0.05) is 0 Å². The van der Waals surface area contributed by atoms with Crippen molar-refractivity contribution in [1.29, 1.82) is 0 Å². The van der Waals surface area contributed by atoms with Crippen molar-refractivity contribution in [3.63, 3.8) is 0 Å². The molecule has 0 aromatic carbocycles. The largest absolute Gasteiger partial charge is 0.468 e. The molecule has 0 amide bonds. The molecule has 2 atom stereocenters. The van der Waals surface area contributed by atoms with Gasteiger partial charge in [0.05, 0.1) is 15.7 Å². The van der Waals surface area contributed by atoms with Gasteiger partial charge in [-0.05, 0) is 39.3 Å². The van der Waals surface area contributed by atoms with Crippen molar-refractivity contribution in [3.05, 3.63) is 23.9 Å². The SMILES string of the molecule is CC(N[S@](=O)C(C)(C)C)c1ccnc(OCC(F)(F)F)c1. The highest BCUT2D eigenvalue weighted by molar-refractivity contribution is 7.84. The molecule has 1 heterocycles. The molecule has 1 unspecified atom stereocenters. The van der Waals surface area contributed by atoms with Crippen LogP contribution < -0.4 is 9.46 Å². The van der Waals surface area contributed by atoms with Crippen molar-refractivity contribution in [2.75, 3.05) is 6.61 Å². The van der Waals surface area contributed by atoms with E-state index in [1.165, 1.54) is 12.3 Å². The summed E-state index contributed by atoms with van der Waals surface area (Å²) >= 11 is 0. The lowest BCUT2D eigenvalue weighted by Gasteiger charge is -2.22. The van der Waals surface area contributed by atoms with Crippen molar-refractivity contribution < 1.29 is 22.1 Å². The first-order chi connectivity index (χ1) is 9.49. The number of nitrogens with one attached hydrogen (secondary N) is 1. The predicted molar refractivity (Wildman–Crippen MR) is 75.2 cm³/mol. The van der Waals surface area contributed by atoms with Gasteiger partial charge in [0.15, 0.2) is 6.61 Å². The van der Waals surface area contributed by atoms with Gasteiger partial charge in [-0.15, -0.1) is 0 Å². The van der Waals surface area contributed by atoms with Crippen LogP contribution in [-0.2, 0) is 11.0 Å². The highest BCUT2D eigenvalue weighted by atomic mass is 32.2. The van der Waals surface area contributed by atoms with Crippen LogP contribution in [0.15, 0.2) is 18.3 Å². The van der Waals surface area contributed by atoms with Gasteiger partial charge in [-0.2, -0.15) is 13.2 Å². The lowest BCUT2D eigenvalue weighted by molar-refractivity contribution is -0.154. The second-order valence-electron chi connectivity index (χ2n) is 5.55. The Labute approximate surface area is 124 Å². The second-order valence-corrected chi connectivity index (χ2v) is 7.55. The Bertz CT molecular complexity index is 501. The molecule has 0 radical (unpaired) electrons. The molecule has 120 valence electrons. The molecule has 1 aromatic rings. The first-order valence-corrected chi connectivity index (χ1v) is 7.47. The van der Waals surface area contributed by atoms with Crippen LogP contribution in [0.5, 0.6) is 5.88 Å². The van der Waals surface area contributed by atoms with E-state index < -0.39 is 28.5 Å². The van der Waals surface area contributed by atoms with Gasteiger partial charge in [0.2, 0.25) is 5.88 Å². The molecular formula is C13H19F3N2O2S. The highest BCUT2D eigenvalue weighted by Crippen LogP contribution is 2.21. The summed E-state index contributed by atoms with van der Waals surface area (Å²) in [6.07, 6.45) is -3.05. The average Bonchev–Trinajstić information content (AvgIpc) is 2.34. The van der Waals surface area contributed by atoms with Gasteiger partial charge >= 0.3 is 6.18 Å². The Morgan fingerprint density at radius 1 is 1.38 bits per heavy atom. The van der Waals surface area contributed by atoms with Crippen molar-refractivity contribution >= 4 is 11.0 Å². The maximum atomic E-state index is 12.1. The van der Waals surface area contributed by atoms with Gasteiger partial charge in [-0.25, -0.2) is 13.9 Å². The number of nitrogens with zero attached hydrogens (tertiary/aromatic N) is 1.